The van der Waals surface area contributed by atoms with Gasteiger partial charge in [-0.05, 0) is 30.7 Å². The molecule has 1 aliphatic rings. The fraction of sp³-hybridized carbons (Fsp3) is 0.364. The Balaban J connectivity index is 1.42. The minimum Gasteiger partial charge on any atom is -0.496 e. The Morgan fingerprint density at radius 1 is 0.893 bits per heavy atom. The largest absolute Gasteiger partial charge is 0.496 e. The van der Waals surface area contributed by atoms with Crippen molar-refractivity contribution in [2.45, 2.75) is 12.8 Å². The van der Waals surface area contributed by atoms with Crippen LogP contribution in [0.3, 0.4) is 0 Å². The van der Waals surface area contributed by atoms with E-state index in [4.69, 9.17) is 9.47 Å². The number of hydrogen-bond acceptors (Lipinski definition) is 4. The molecule has 0 radical (unpaired) electrons. The topological polar surface area (TPSA) is 59.1 Å². The first-order valence-electron chi connectivity index (χ1n) is 9.57. The Bertz CT molecular complexity index is 786. The molecular formula is C22H26N2O4. The fourth-order valence-electron chi connectivity index (χ4n) is 3.24. The van der Waals surface area contributed by atoms with E-state index in [1.165, 1.54) is 0 Å². The lowest BCUT2D eigenvalue weighted by Gasteiger charge is -2.35. The molecule has 3 rings (SSSR count). The molecule has 0 aromatic heterocycles. The predicted octanol–water partition coefficient (Wildman–Crippen LogP) is 2.84. The molecule has 0 spiro atoms. The second kappa shape index (κ2) is 9.78. The van der Waals surface area contributed by atoms with Crippen molar-refractivity contribution in [2.24, 2.45) is 0 Å². The van der Waals surface area contributed by atoms with E-state index in [1.54, 1.807) is 24.1 Å². The summed E-state index contributed by atoms with van der Waals surface area (Å²) in [6.07, 6.45) is 1.13. The number of amides is 2. The van der Waals surface area contributed by atoms with Crippen LogP contribution in [0.5, 0.6) is 11.5 Å². The lowest BCUT2D eigenvalue weighted by molar-refractivity contribution is -0.132. The molecule has 0 saturated carbocycles. The number of ether oxygens (including phenoxy) is 2. The van der Waals surface area contributed by atoms with Gasteiger partial charge in [0.25, 0.3) is 5.91 Å². The Kier molecular flexibility index (Phi) is 6.89. The number of para-hydroxylation sites is 2. The molecule has 0 N–H and O–H groups in total. The summed E-state index contributed by atoms with van der Waals surface area (Å²) >= 11 is 0. The molecule has 2 aromatic rings. The van der Waals surface area contributed by atoms with Gasteiger partial charge in [-0.3, -0.25) is 9.59 Å². The lowest BCUT2D eigenvalue weighted by atomic mass is 10.1. The summed E-state index contributed by atoms with van der Waals surface area (Å²) in [7, 11) is 1.56. The highest BCUT2D eigenvalue weighted by atomic mass is 16.5. The van der Waals surface area contributed by atoms with Gasteiger partial charge in [-0.1, -0.05) is 30.3 Å². The van der Waals surface area contributed by atoms with Gasteiger partial charge < -0.3 is 19.3 Å². The molecule has 2 aromatic carbocycles. The zero-order valence-corrected chi connectivity index (χ0v) is 16.2. The normalized spacial score (nSPS) is 13.9. The molecule has 2 amide bonds. The number of carbonyl (C=O) groups excluding carboxylic acids is 2. The molecule has 28 heavy (non-hydrogen) atoms. The quantitative estimate of drug-likeness (QED) is 0.691. The summed E-state index contributed by atoms with van der Waals surface area (Å²) < 4.78 is 10.9. The van der Waals surface area contributed by atoms with E-state index in [0.29, 0.717) is 56.9 Å². The van der Waals surface area contributed by atoms with E-state index in [1.807, 2.05) is 47.4 Å². The summed E-state index contributed by atoms with van der Waals surface area (Å²) in [5.41, 5.74) is 0.558. The molecule has 0 unspecified atom stereocenters. The summed E-state index contributed by atoms with van der Waals surface area (Å²) in [5, 5.41) is 0. The molecular weight excluding hydrogens is 356 g/mol. The highest BCUT2D eigenvalue weighted by Crippen LogP contribution is 2.20. The smallest absolute Gasteiger partial charge is 0.257 e. The number of piperazine rings is 1. The molecule has 1 fully saturated rings. The van der Waals surface area contributed by atoms with Crippen molar-refractivity contribution in [2.75, 3.05) is 39.9 Å². The molecule has 6 heteroatoms. The van der Waals surface area contributed by atoms with Gasteiger partial charge >= 0.3 is 0 Å². The third-order valence-electron chi connectivity index (χ3n) is 4.80. The van der Waals surface area contributed by atoms with Gasteiger partial charge in [0.2, 0.25) is 5.91 Å². The highest BCUT2D eigenvalue weighted by Gasteiger charge is 2.26. The molecule has 0 atom stereocenters. The molecule has 1 heterocycles. The summed E-state index contributed by atoms with van der Waals surface area (Å²) in [6.45, 7) is 2.69. The van der Waals surface area contributed by atoms with E-state index in [0.717, 1.165) is 5.75 Å². The SMILES string of the molecule is COc1ccccc1C(=O)N1CCN(C(=O)CCCOc2ccccc2)CC1. The van der Waals surface area contributed by atoms with Gasteiger partial charge in [-0.15, -0.1) is 0 Å². The maximum Gasteiger partial charge on any atom is 0.257 e. The first kappa shape index (κ1) is 19.7. The zero-order chi connectivity index (χ0) is 19.8. The van der Waals surface area contributed by atoms with Gasteiger partial charge in [-0.2, -0.15) is 0 Å². The molecule has 6 nitrogen and oxygen atoms in total. The van der Waals surface area contributed by atoms with Crippen LogP contribution < -0.4 is 9.47 Å². The van der Waals surface area contributed by atoms with E-state index in [2.05, 4.69) is 0 Å². The van der Waals surface area contributed by atoms with Gasteiger partial charge in [0, 0.05) is 32.6 Å². The van der Waals surface area contributed by atoms with Crippen molar-refractivity contribution < 1.29 is 19.1 Å². The maximum absolute atomic E-state index is 12.7. The monoisotopic (exact) mass is 382 g/mol. The van der Waals surface area contributed by atoms with Crippen LogP contribution >= 0.6 is 0 Å². The second-order valence-corrected chi connectivity index (χ2v) is 6.64. The van der Waals surface area contributed by atoms with E-state index < -0.39 is 0 Å². The molecule has 0 bridgehead atoms. The summed E-state index contributed by atoms with van der Waals surface area (Å²) in [4.78, 5) is 28.7. The van der Waals surface area contributed by atoms with E-state index in [9.17, 15) is 9.59 Å². The minimum absolute atomic E-state index is 0.0548. The van der Waals surface area contributed by atoms with Crippen LogP contribution in [0.1, 0.15) is 23.2 Å². The molecule has 0 aliphatic carbocycles. The number of carbonyl (C=O) groups is 2. The van der Waals surface area contributed by atoms with E-state index in [-0.39, 0.29) is 11.8 Å². The predicted molar refractivity (Wildman–Crippen MR) is 107 cm³/mol. The van der Waals surface area contributed by atoms with Crippen LogP contribution in [0.4, 0.5) is 0 Å². The van der Waals surface area contributed by atoms with Crippen LogP contribution in [0.25, 0.3) is 0 Å². The van der Waals surface area contributed by atoms with Gasteiger partial charge in [0.15, 0.2) is 0 Å². The van der Waals surface area contributed by atoms with Crippen molar-refractivity contribution in [3.05, 3.63) is 60.2 Å². The lowest BCUT2D eigenvalue weighted by Crippen LogP contribution is -2.50. The summed E-state index contributed by atoms with van der Waals surface area (Å²) in [5.74, 6) is 1.45. The van der Waals surface area contributed by atoms with Crippen molar-refractivity contribution in [3.8, 4) is 11.5 Å². The average molecular weight is 382 g/mol. The molecule has 1 aliphatic heterocycles. The number of hydrogen-bond donors (Lipinski definition) is 0. The molecule has 148 valence electrons. The third-order valence-corrected chi connectivity index (χ3v) is 4.80. The number of methoxy groups -OCH3 is 1. The zero-order valence-electron chi connectivity index (χ0n) is 16.2. The standard InChI is InChI=1S/C22H26N2O4/c1-27-20-11-6-5-10-19(20)22(26)24-15-13-23(14-16-24)21(25)12-7-17-28-18-8-3-2-4-9-18/h2-6,8-11H,7,12-17H2,1H3. The highest BCUT2D eigenvalue weighted by molar-refractivity contribution is 5.97. The van der Waals surface area contributed by atoms with Crippen LogP contribution in [-0.2, 0) is 4.79 Å². The third kappa shape index (κ3) is 5.03. The van der Waals surface area contributed by atoms with Gasteiger partial charge in [0.1, 0.15) is 11.5 Å². The average Bonchev–Trinajstić information content (AvgIpc) is 2.77. The number of benzene rings is 2. The first-order valence-corrected chi connectivity index (χ1v) is 9.57. The van der Waals surface area contributed by atoms with Crippen LogP contribution in [0, 0.1) is 0 Å². The van der Waals surface area contributed by atoms with Crippen molar-refractivity contribution in [1.29, 1.82) is 0 Å². The maximum atomic E-state index is 12.7. The minimum atomic E-state index is -0.0548. The number of nitrogens with zero attached hydrogens (tertiary/aromatic N) is 2. The van der Waals surface area contributed by atoms with Crippen molar-refractivity contribution in [1.82, 2.24) is 9.80 Å². The van der Waals surface area contributed by atoms with Crippen molar-refractivity contribution >= 4 is 11.8 Å². The van der Waals surface area contributed by atoms with Crippen LogP contribution in [0.15, 0.2) is 54.6 Å². The first-order chi connectivity index (χ1) is 13.7. The second-order valence-electron chi connectivity index (χ2n) is 6.64. The van der Waals surface area contributed by atoms with Gasteiger partial charge in [0.05, 0.1) is 19.3 Å². The Labute approximate surface area is 165 Å². The summed E-state index contributed by atoms with van der Waals surface area (Å²) in [6, 6.07) is 16.8. The Hall–Kier alpha value is -3.02. The van der Waals surface area contributed by atoms with Crippen molar-refractivity contribution in [3.63, 3.8) is 0 Å². The fourth-order valence-corrected chi connectivity index (χ4v) is 3.24. The number of rotatable bonds is 7. The molecule has 1 saturated heterocycles. The van der Waals surface area contributed by atoms with Crippen LogP contribution in [0.2, 0.25) is 0 Å². The Morgan fingerprint density at radius 2 is 1.54 bits per heavy atom. The Morgan fingerprint density at radius 3 is 2.25 bits per heavy atom. The van der Waals surface area contributed by atoms with E-state index >= 15 is 0 Å². The van der Waals surface area contributed by atoms with Gasteiger partial charge in [-0.25, -0.2) is 0 Å². The van der Waals surface area contributed by atoms with Crippen LogP contribution in [-0.4, -0.2) is 61.5 Å².